The van der Waals surface area contributed by atoms with Crippen molar-refractivity contribution in [2.24, 2.45) is 11.8 Å². The highest BCUT2D eigenvalue weighted by Gasteiger charge is 2.40. The van der Waals surface area contributed by atoms with Crippen molar-refractivity contribution in [2.75, 3.05) is 21.7 Å². The number of nitrogens with zero attached hydrogens (tertiary/aromatic N) is 2. The van der Waals surface area contributed by atoms with Gasteiger partial charge in [-0.3, -0.25) is 27.8 Å². The van der Waals surface area contributed by atoms with Crippen LogP contribution in [0.2, 0.25) is 0 Å². The maximum absolute atomic E-state index is 13.8. The largest absolute Gasteiger partial charge is 0.486 e. The molecule has 0 saturated heterocycles. The number of ether oxygens (including phenoxy) is 4. The minimum Gasteiger partial charge on any atom is -0.486 e. The minimum atomic E-state index is -4.16. The molecule has 6 rings (SSSR count). The molecule has 4 atom stereocenters. The number of rotatable bonds is 14. The van der Waals surface area contributed by atoms with Crippen LogP contribution in [0, 0.1) is 37.3 Å². The van der Waals surface area contributed by atoms with Crippen LogP contribution in [0.25, 0.3) is 0 Å². The monoisotopic (exact) mass is 1010 g/mol. The number of fused-ring (bicyclic) bond motifs is 2. The third kappa shape index (κ3) is 13.9. The normalized spacial score (nSPS) is 16.7. The molecule has 70 heavy (non-hydrogen) atoms. The van der Waals surface area contributed by atoms with Crippen molar-refractivity contribution in [3.8, 4) is 11.5 Å². The summed E-state index contributed by atoms with van der Waals surface area (Å²) < 4.78 is 107. The molecule has 0 bridgehead atoms. The topological polar surface area (TPSA) is 220 Å². The average Bonchev–Trinajstić information content (AvgIpc) is 3.23. The summed E-state index contributed by atoms with van der Waals surface area (Å²) in [5, 5.41) is 18.4. The number of carbonyl (C=O) groups is 4. The number of esters is 2. The number of carboxylic acids is 2. The molecule has 0 radical (unpaired) electrons. The van der Waals surface area contributed by atoms with E-state index in [0.29, 0.717) is 11.1 Å². The Balaban J connectivity index is 0.000000261. The number of benzene rings is 4. The molecule has 0 amide bonds. The number of aryl methyl sites for hydroxylation is 2. The van der Waals surface area contributed by atoms with Gasteiger partial charge in [-0.25, -0.2) is 25.6 Å². The maximum Gasteiger partial charge on any atom is 0.310 e. The summed E-state index contributed by atoms with van der Waals surface area (Å²) in [6.45, 7) is 16.5. The standard InChI is InChI=1S/2C25H30FNO7S/c2*1-15-10-18(7-8-19(15)26)35(31,32)27-14-22(16(2)11-23(28)29)33-21-9-6-17(12-20(21)27)13-24(30)34-25(3,4)5/h2*6-10,12,16,22H,11,13-14H2,1-5H3,(H,28,29)/t16-,22+;16-,22-/m01/s1. The third-order valence-corrected chi connectivity index (χ3v) is 14.6. The molecule has 380 valence electrons. The van der Waals surface area contributed by atoms with Gasteiger partial charge in [0.15, 0.2) is 0 Å². The van der Waals surface area contributed by atoms with E-state index >= 15 is 0 Å². The number of halogens is 2. The SMILES string of the molecule is Cc1cc(S(=O)(=O)N2C[C@H]([C@@H](C)CC(=O)O)Oc3ccc(CC(=O)OC(C)(C)C)cc32)ccc1F.Cc1cc(S(=O)(=O)N2C[C@H]([C@H](C)CC(=O)O)Oc3ccc(CC(=O)OC(C)(C)C)cc32)ccc1F. The van der Waals surface area contributed by atoms with Gasteiger partial charge in [-0.2, -0.15) is 0 Å². The van der Waals surface area contributed by atoms with Gasteiger partial charge in [-0.1, -0.05) is 26.0 Å². The molecule has 2 aliphatic heterocycles. The van der Waals surface area contributed by atoms with Crippen LogP contribution >= 0.6 is 0 Å². The number of carboxylic acid groups (broad SMARTS) is 2. The molecule has 0 spiro atoms. The Morgan fingerprint density at radius 3 is 1.26 bits per heavy atom. The minimum absolute atomic E-state index is 0.0764. The molecular formula is C50H60F2N2O14S2. The number of hydrogen-bond acceptors (Lipinski definition) is 12. The fourth-order valence-corrected chi connectivity index (χ4v) is 10.7. The lowest BCUT2D eigenvalue weighted by atomic mass is 9.99. The Labute approximate surface area is 407 Å². The fourth-order valence-electron chi connectivity index (χ4n) is 7.62. The predicted octanol–water partition coefficient (Wildman–Crippen LogP) is 8.17. The zero-order valence-electron chi connectivity index (χ0n) is 40.7. The van der Waals surface area contributed by atoms with Crippen molar-refractivity contribution in [3.05, 3.63) is 107 Å². The van der Waals surface area contributed by atoms with Crippen LogP contribution in [0.15, 0.2) is 82.6 Å². The predicted molar refractivity (Wildman–Crippen MR) is 255 cm³/mol. The van der Waals surface area contributed by atoms with E-state index in [4.69, 9.17) is 18.9 Å². The highest BCUT2D eigenvalue weighted by molar-refractivity contribution is 7.93. The molecule has 0 unspecified atom stereocenters. The quantitative estimate of drug-likeness (QED) is 0.114. The second-order valence-corrected chi connectivity index (χ2v) is 23.2. The Morgan fingerprint density at radius 2 is 0.957 bits per heavy atom. The highest BCUT2D eigenvalue weighted by atomic mass is 32.2. The first-order chi connectivity index (χ1) is 32.3. The van der Waals surface area contributed by atoms with Crippen LogP contribution < -0.4 is 18.1 Å². The fraction of sp³-hybridized carbons (Fsp3) is 0.440. The van der Waals surface area contributed by atoms with E-state index in [1.807, 2.05) is 0 Å². The van der Waals surface area contributed by atoms with Crippen LogP contribution in [0.3, 0.4) is 0 Å². The van der Waals surface area contributed by atoms with Gasteiger partial charge in [0.25, 0.3) is 20.0 Å². The molecule has 4 aromatic carbocycles. The Morgan fingerprint density at radius 1 is 0.614 bits per heavy atom. The van der Waals surface area contributed by atoms with Crippen LogP contribution in [0.4, 0.5) is 20.2 Å². The molecule has 0 saturated carbocycles. The summed E-state index contributed by atoms with van der Waals surface area (Å²) >= 11 is 0. The van der Waals surface area contributed by atoms with E-state index in [1.165, 1.54) is 38.1 Å². The molecule has 0 fully saturated rings. The number of aliphatic carboxylic acids is 2. The third-order valence-electron chi connectivity index (χ3n) is 11.1. The first-order valence-electron chi connectivity index (χ1n) is 22.4. The summed E-state index contributed by atoms with van der Waals surface area (Å²) in [5.74, 6) is -4.53. The molecule has 2 aliphatic rings. The maximum atomic E-state index is 13.8. The van der Waals surface area contributed by atoms with E-state index in [9.17, 15) is 55.0 Å². The van der Waals surface area contributed by atoms with Gasteiger partial charge in [-0.05, 0) is 138 Å². The van der Waals surface area contributed by atoms with Gasteiger partial charge in [0, 0.05) is 11.8 Å². The van der Waals surface area contributed by atoms with Crippen LogP contribution in [-0.4, -0.2) is 87.4 Å². The second-order valence-electron chi connectivity index (χ2n) is 19.5. The Bertz CT molecular complexity index is 2670. The Hall–Kier alpha value is -6.28. The van der Waals surface area contributed by atoms with E-state index < -0.39 is 90.8 Å². The van der Waals surface area contributed by atoms with Crippen molar-refractivity contribution in [2.45, 2.75) is 128 Å². The molecule has 2 N–H and O–H groups in total. The molecule has 4 aromatic rings. The van der Waals surface area contributed by atoms with Crippen LogP contribution in [0.1, 0.15) is 90.5 Å². The van der Waals surface area contributed by atoms with Gasteiger partial charge in [-0.15, -0.1) is 0 Å². The Kier molecular flexibility index (Phi) is 16.7. The van der Waals surface area contributed by atoms with E-state index in [2.05, 4.69) is 0 Å². The molecule has 16 nitrogen and oxygen atoms in total. The van der Waals surface area contributed by atoms with Gasteiger partial charge in [0.2, 0.25) is 0 Å². The van der Waals surface area contributed by atoms with Crippen LogP contribution in [0.5, 0.6) is 11.5 Å². The van der Waals surface area contributed by atoms with Gasteiger partial charge in [0.05, 0.1) is 59.9 Å². The number of hydrogen-bond donors (Lipinski definition) is 2. The van der Waals surface area contributed by atoms with Crippen molar-refractivity contribution < 1.29 is 74.0 Å². The summed E-state index contributed by atoms with van der Waals surface area (Å²) in [6.07, 6.45) is -2.03. The second kappa shape index (κ2) is 21.4. The molecule has 0 aliphatic carbocycles. The summed E-state index contributed by atoms with van der Waals surface area (Å²) in [4.78, 5) is 46.9. The van der Waals surface area contributed by atoms with E-state index in [0.717, 1.165) is 20.7 Å². The van der Waals surface area contributed by atoms with Gasteiger partial charge >= 0.3 is 23.9 Å². The average molecular weight is 1020 g/mol. The number of sulfonamides is 2. The summed E-state index contributed by atoms with van der Waals surface area (Å²) in [5.41, 5.74) is 0.486. The molecular weight excluding hydrogens is 955 g/mol. The highest BCUT2D eigenvalue weighted by Crippen LogP contribution is 2.42. The zero-order valence-corrected chi connectivity index (χ0v) is 42.4. The smallest absolute Gasteiger partial charge is 0.310 e. The van der Waals surface area contributed by atoms with Gasteiger partial charge in [0.1, 0.15) is 46.5 Å². The number of carbonyl (C=O) groups excluding carboxylic acids is 2. The molecule has 20 heteroatoms. The van der Waals surface area contributed by atoms with E-state index in [-0.39, 0.29) is 82.6 Å². The first-order valence-corrected chi connectivity index (χ1v) is 25.3. The first kappa shape index (κ1) is 54.7. The zero-order chi connectivity index (χ0) is 52.3. The van der Waals surface area contributed by atoms with Crippen LogP contribution in [-0.2, 0) is 61.5 Å². The molecule has 2 heterocycles. The lowest BCUT2D eigenvalue weighted by molar-refractivity contribution is -0.155. The van der Waals surface area contributed by atoms with Crippen molar-refractivity contribution >= 4 is 55.3 Å². The summed E-state index contributed by atoms with van der Waals surface area (Å²) in [6, 6.07) is 16.6. The molecule has 0 aromatic heterocycles. The van der Waals surface area contributed by atoms with Gasteiger partial charge < -0.3 is 29.2 Å². The lowest BCUT2D eigenvalue weighted by Gasteiger charge is -2.38. The summed E-state index contributed by atoms with van der Waals surface area (Å²) in [7, 11) is -8.32. The number of anilines is 2. The van der Waals surface area contributed by atoms with Crippen molar-refractivity contribution in [3.63, 3.8) is 0 Å². The van der Waals surface area contributed by atoms with Crippen molar-refractivity contribution in [1.82, 2.24) is 0 Å². The van der Waals surface area contributed by atoms with Crippen molar-refractivity contribution in [1.29, 1.82) is 0 Å². The lowest BCUT2D eigenvalue weighted by Crippen LogP contribution is -2.46. The van der Waals surface area contributed by atoms with E-state index in [1.54, 1.807) is 91.8 Å².